The number of nitrogens with one attached hydrogen (secondary N) is 1. The Labute approximate surface area is 180 Å². The Morgan fingerprint density at radius 1 is 1.16 bits per heavy atom. The number of pyridine rings is 1. The van der Waals surface area contributed by atoms with Gasteiger partial charge in [0.1, 0.15) is 11.9 Å². The molecular formula is C23H27FN6O. The highest BCUT2D eigenvalue weighted by molar-refractivity contribution is 5.88. The van der Waals surface area contributed by atoms with E-state index in [-0.39, 0.29) is 17.3 Å². The number of benzene rings is 1. The van der Waals surface area contributed by atoms with Gasteiger partial charge >= 0.3 is 0 Å². The van der Waals surface area contributed by atoms with Crippen molar-refractivity contribution in [2.45, 2.75) is 62.8 Å². The van der Waals surface area contributed by atoms with Gasteiger partial charge in [-0.15, -0.1) is 10.2 Å². The minimum atomic E-state index is -1.02. The van der Waals surface area contributed by atoms with Crippen LogP contribution in [0.25, 0.3) is 22.2 Å². The van der Waals surface area contributed by atoms with Crippen LogP contribution in [0.5, 0.6) is 5.75 Å². The van der Waals surface area contributed by atoms with Crippen LogP contribution >= 0.6 is 0 Å². The van der Waals surface area contributed by atoms with Crippen molar-refractivity contribution < 1.29 is 9.50 Å². The fourth-order valence-electron chi connectivity index (χ4n) is 5.37. The molecule has 2 aliphatic heterocycles. The second-order valence-electron chi connectivity index (χ2n) is 9.47. The zero-order valence-corrected chi connectivity index (χ0v) is 18.0. The highest BCUT2D eigenvalue weighted by Gasteiger charge is 2.53. The Balaban J connectivity index is 1.43. The molecule has 7 nitrogen and oxygen atoms in total. The number of aromatic nitrogens is 4. The van der Waals surface area contributed by atoms with Crippen LogP contribution in [-0.4, -0.2) is 55.6 Å². The van der Waals surface area contributed by atoms with Crippen molar-refractivity contribution in [1.82, 2.24) is 25.5 Å². The minimum Gasteiger partial charge on any atom is -0.507 e. The summed E-state index contributed by atoms with van der Waals surface area (Å²) in [6.45, 7) is 4.17. The molecule has 5 rings (SSSR count). The van der Waals surface area contributed by atoms with Crippen LogP contribution in [0, 0.1) is 0 Å². The van der Waals surface area contributed by atoms with Crippen molar-refractivity contribution in [3.63, 3.8) is 0 Å². The molecule has 162 valence electrons. The number of hydrogen-bond donors (Lipinski definition) is 2. The van der Waals surface area contributed by atoms with Crippen LogP contribution in [0.1, 0.15) is 39.5 Å². The van der Waals surface area contributed by atoms with Gasteiger partial charge < -0.3 is 15.3 Å². The van der Waals surface area contributed by atoms with Gasteiger partial charge in [0.15, 0.2) is 11.6 Å². The predicted molar refractivity (Wildman–Crippen MR) is 118 cm³/mol. The zero-order chi connectivity index (χ0) is 21.8. The number of fused-ring (bicyclic) bond motifs is 3. The van der Waals surface area contributed by atoms with Crippen LogP contribution < -0.4 is 10.2 Å². The lowest BCUT2D eigenvalue weighted by Gasteiger charge is -2.56. The molecule has 2 bridgehead atoms. The van der Waals surface area contributed by atoms with E-state index in [0.717, 1.165) is 30.0 Å². The van der Waals surface area contributed by atoms with E-state index in [4.69, 9.17) is 0 Å². The fourth-order valence-corrected chi connectivity index (χ4v) is 5.37. The van der Waals surface area contributed by atoms with E-state index in [9.17, 15) is 5.11 Å². The number of phenols is 1. The minimum absolute atomic E-state index is 0.0688. The van der Waals surface area contributed by atoms with Gasteiger partial charge in [-0.3, -0.25) is 4.98 Å². The van der Waals surface area contributed by atoms with Crippen LogP contribution in [0.3, 0.4) is 0 Å². The van der Waals surface area contributed by atoms with Gasteiger partial charge in [-0.25, -0.2) is 9.37 Å². The highest BCUT2D eigenvalue weighted by atomic mass is 19.1. The molecule has 31 heavy (non-hydrogen) atoms. The number of rotatable bonds is 3. The van der Waals surface area contributed by atoms with Gasteiger partial charge in [0.05, 0.1) is 17.8 Å². The molecule has 0 amide bonds. The number of anilines is 1. The molecule has 4 atom stereocenters. The Morgan fingerprint density at radius 2 is 2.00 bits per heavy atom. The molecule has 0 aliphatic carbocycles. The first-order chi connectivity index (χ1) is 14.8. The van der Waals surface area contributed by atoms with E-state index in [1.807, 2.05) is 31.0 Å². The zero-order valence-electron chi connectivity index (χ0n) is 18.0. The molecule has 8 heteroatoms. The normalized spacial score (nSPS) is 30.3. The molecule has 0 spiro atoms. The summed E-state index contributed by atoms with van der Waals surface area (Å²) in [5.41, 5.74) is -0.113. The van der Waals surface area contributed by atoms with Gasteiger partial charge in [0.2, 0.25) is 0 Å². The predicted octanol–water partition coefficient (Wildman–Crippen LogP) is 3.63. The van der Waals surface area contributed by atoms with Crippen LogP contribution in [0.15, 0.2) is 36.8 Å². The molecular weight excluding hydrogens is 395 g/mol. The SMILES string of the molecule is CN(c1cnc(-c2cc3ccncc3cc2O)nn1)[C@@H]1C[C@@]2(C)CCC[C@](C)(N2)[C@H]1F. The average molecular weight is 423 g/mol. The van der Waals surface area contributed by atoms with Crippen molar-refractivity contribution in [2.75, 3.05) is 11.9 Å². The molecule has 0 radical (unpaired) electrons. The van der Waals surface area contributed by atoms with Gasteiger partial charge in [0.25, 0.3) is 0 Å². The van der Waals surface area contributed by atoms with E-state index in [2.05, 4.69) is 32.4 Å². The first-order valence-corrected chi connectivity index (χ1v) is 10.7. The van der Waals surface area contributed by atoms with Gasteiger partial charge in [-0.05, 0) is 63.1 Å². The number of alkyl halides is 1. The van der Waals surface area contributed by atoms with Crippen molar-refractivity contribution in [3.8, 4) is 17.1 Å². The lowest BCUT2D eigenvalue weighted by Crippen LogP contribution is -2.72. The van der Waals surface area contributed by atoms with E-state index in [0.29, 0.717) is 23.6 Å². The third-order valence-electron chi connectivity index (χ3n) is 7.02. The highest BCUT2D eigenvalue weighted by Crippen LogP contribution is 2.43. The monoisotopic (exact) mass is 422 g/mol. The fraction of sp³-hybridized carbons (Fsp3) is 0.478. The smallest absolute Gasteiger partial charge is 0.185 e. The molecule has 2 saturated heterocycles. The van der Waals surface area contributed by atoms with Crippen molar-refractivity contribution >= 4 is 16.6 Å². The van der Waals surface area contributed by atoms with Crippen molar-refractivity contribution in [3.05, 3.63) is 36.8 Å². The lowest BCUT2D eigenvalue weighted by atomic mass is 9.68. The van der Waals surface area contributed by atoms with E-state index >= 15 is 4.39 Å². The van der Waals surface area contributed by atoms with E-state index < -0.39 is 11.7 Å². The molecule has 2 fully saturated rings. The van der Waals surface area contributed by atoms with E-state index in [1.54, 1.807) is 24.7 Å². The maximum atomic E-state index is 15.5. The third kappa shape index (κ3) is 3.39. The van der Waals surface area contributed by atoms with Crippen LogP contribution in [-0.2, 0) is 0 Å². The lowest BCUT2D eigenvalue weighted by molar-refractivity contribution is 0.00193. The largest absolute Gasteiger partial charge is 0.507 e. The number of phenolic OH excluding ortho intramolecular Hbond substituents is 1. The quantitative estimate of drug-likeness (QED) is 0.666. The molecule has 3 aromatic rings. The molecule has 0 saturated carbocycles. The van der Waals surface area contributed by atoms with Crippen LogP contribution in [0.4, 0.5) is 10.2 Å². The Hall–Kier alpha value is -2.87. The first kappa shape index (κ1) is 20.1. The second kappa shape index (κ2) is 7.09. The molecule has 0 unspecified atom stereocenters. The van der Waals surface area contributed by atoms with Crippen LogP contribution in [0.2, 0.25) is 0 Å². The van der Waals surface area contributed by atoms with Gasteiger partial charge in [-0.2, -0.15) is 0 Å². The molecule has 1 aromatic carbocycles. The summed E-state index contributed by atoms with van der Waals surface area (Å²) < 4.78 is 15.5. The molecule has 2 N–H and O–H groups in total. The first-order valence-electron chi connectivity index (χ1n) is 10.7. The average Bonchev–Trinajstić information content (AvgIpc) is 2.75. The summed E-state index contributed by atoms with van der Waals surface area (Å²) in [7, 11) is 1.86. The summed E-state index contributed by atoms with van der Waals surface area (Å²) in [4.78, 5) is 10.4. The van der Waals surface area contributed by atoms with E-state index in [1.165, 1.54) is 0 Å². The summed E-state index contributed by atoms with van der Waals surface area (Å²) >= 11 is 0. The molecule has 2 aliphatic rings. The Morgan fingerprint density at radius 3 is 2.77 bits per heavy atom. The maximum absolute atomic E-state index is 15.5. The summed E-state index contributed by atoms with van der Waals surface area (Å²) in [6, 6.07) is 5.02. The van der Waals surface area contributed by atoms with Crippen molar-refractivity contribution in [2.24, 2.45) is 0 Å². The van der Waals surface area contributed by atoms with Gasteiger partial charge in [-0.1, -0.05) is 0 Å². The number of aromatic hydroxyl groups is 1. The summed E-state index contributed by atoms with van der Waals surface area (Å²) in [6.07, 6.45) is 7.58. The molecule has 2 aromatic heterocycles. The van der Waals surface area contributed by atoms with Gasteiger partial charge in [0, 0.05) is 35.9 Å². The standard InChI is InChI=1S/C23H27FN6O/c1-22-6-4-7-23(2,29-22)20(24)17(11-22)30(3)19-13-26-21(28-27-19)16-9-14-5-8-25-12-15(14)10-18(16)31/h5,8-10,12-13,17,20,29,31H,4,6-7,11H2,1-3H3/t17-,20+,22-,23+/m1/s1. The molecule has 4 heterocycles. The van der Waals surface area contributed by atoms with Crippen molar-refractivity contribution in [1.29, 1.82) is 0 Å². The number of piperidine rings is 2. The third-order valence-corrected chi connectivity index (χ3v) is 7.02. The maximum Gasteiger partial charge on any atom is 0.185 e. The number of hydrogen-bond acceptors (Lipinski definition) is 7. The number of nitrogens with zero attached hydrogens (tertiary/aromatic N) is 5. The summed E-state index contributed by atoms with van der Waals surface area (Å²) in [5, 5.41) is 24.3. The topological polar surface area (TPSA) is 87.1 Å². The number of halogens is 1. The summed E-state index contributed by atoms with van der Waals surface area (Å²) in [5.74, 6) is 0.915. The Kier molecular flexibility index (Phi) is 4.58. The Bertz CT molecular complexity index is 1120. The second-order valence-corrected chi connectivity index (χ2v) is 9.47.